The Labute approximate surface area is 111 Å². The quantitative estimate of drug-likeness (QED) is 0.928. The van der Waals surface area contributed by atoms with Gasteiger partial charge in [-0.2, -0.15) is 0 Å². The normalized spacial score (nSPS) is 22.9. The molecule has 1 aromatic rings. The van der Waals surface area contributed by atoms with Gasteiger partial charge in [0.2, 0.25) is 0 Å². The average Bonchev–Trinajstić information content (AvgIpc) is 2.29. The van der Waals surface area contributed by atoms with Gasteiger partial charge in [-0.15, -0.1) is 0 Å². The molecule has 1 fully saturated rings. The highest BCUT2D eigenvalue weighted by Crippen LogP contribution is 2.16. The Kier molecular flexibility index (Phi) is 4.25. The fraction of sp³-hybridized carbons (Fsp3) is 0.500. The second kappa shape index (κ2) is 5.55. The summed E-state index contributed by atoms with van der Waals surface area (Å²) in [6.45, 7) is 0.453. The van der Waals surface area contributed by atoms with E-state index in [1.54, 1.807) is 6.07 Å². The highest BCUT2D eigenvalue weighted by molar-refractivity contribution is 7.91. The van der Waals surface area contributed by atoms with Crippen LogP contribution in [0.2, 0.25) is 5.02 Å². The predicted molar refractivity (Wildman–Crippen MR) is 69.9 cm³/mol. The van der Waals surface area contributed by atoms with Gasteiger partial charge in [0.25, 0.3) is 0 Å². The summed E-state index contributed by atoms with van der Waals surface area (Å²) in [4.78, 5) is 0. The van der Waals surface area contributed by atoms with Crippen molar-refractivity contribution in [3.8, 4) is 0 Å². The Morgan fingerprint density at radius 2 is 2.22 bits per heavy atom. The summed E-state index contributed by atoms with van der Waals surface area (Å²) in [6, 6.07) is 4.57. The van der Waals surface area contributed by atoms with Crippen molar-refractivity contribution in [3.05, 3.63) is 34.6 Å². The van der Waals surface area contributed by atoms with E-state index in [0.717, 1.165) is 12.0 Å². The molecule has 0 amide bonds. The highest BCUT2D eigenvalue weighted by atomic mass is 35.5. The molecular weight excluding hydrogens is 277 g/mol. The average molecular weight is 292 g/mol. The molecule has 0 radical (unpaired) electrons. The maximum Gasteiger partial charge on any atom is 0.151 e. The van der Waals surface area contributed by atoms with Crippen LogP contribution in [0, 0.1) is 5.82 Å². The number of rotatable bonds is 3. The molecule has 0 saturated carbocycles. The molecule has 1 atom stereocenters. The molecule has 3 nitrogen and oxygen atoms in total. The SMILES string of the molecule is O=S1(=O)CCCC(NCc2ccc(Cl)c(F)c2)C1. The van der Waals surface area contributed by atoms with Gasteiger partial charge in [0.15, 0.2) is 9.84 Å². The smallest absolute Gasteiger partial charge is 0.151 e. The minimum absolute atomic E-state index is 0.0394. The molecule has 2 rings (SSSR count). The van der Waals surface area contributed by atoms with E-state index in [-0.39, 0.29) is 22.6 Å². The molecule has 1 saturated heterocycles. The van der Waals surface area contributed by atoms with E-state index in [9.17, 15) is 12.8 Å². The van der Waals surface area contributed by atoms with Crippen molar-refractivity contribution in [1.82, 2.24) is 5.32 Å². The Hall–Kier alpha value is -0.650. The number of hydrogen-bond donors (Lipinski definition) is 1. The number of benzene rings is 1. The lowest BCUT2D eigenvalue weighted by Gasteiger charge is -2.23. The Morgan fingerprint density at radius 1 is 1.44 bits per heavy atom. The number of halogens is 2. The molecule has 100 valence electrons. The van der Waals surface area contributed by atoms with Crippen LogP contribution in [0.4, 0.5) is 4.39 Å². The third kappa shape index (κ3) is 3.67. The zero-order valence-electron chi connectivity index (χ0n) is 9.83. The van der Waals surface area contributed by atoms with Crippen LogP contribution in [0.5, 0.6) is 0 Å². The summed E-state index contributed by atoms with van der Waals surface area (Å²) in [7, 11) is -2.91. The lowest BCUT2D eigenvalue weighted by atomic mass is 10.1. The summed E-state index contributed by atoms with van der Waals surface area (Å²) < 4.78 is 36.1. The van der Waals surface area contributed by atoms with Crippen LogP contribution in [-0.4, -0.2) is 26.0 Å². The van der Waals surface area contributed by atoms with Crippen LogP contribution in [0.1, 0.15) is 18.4 Å². The zero-order chi connectivity index (χ0) is 13.2. The second-order valence-electron chi connectivity index (χ2n) is 4.58. The van der Waals surface area contributed by atoms with Crippen LogP contribution in [0.15, 0.2) is 18.2 Å². The van der Waals surface area contributed by atoms with Gasteiger partial charge in [0.1, 0.15) is 5.82 Å². The van der Waals surface area contributed by atoms with Gasteiger partial charge in [-0.1, -0.05) is 17.7 Å². The van der Waals surface area contributed by atoms with Crippen LogP contribution in [0.25, 0.3) is 0 Å². The van der Waals surface area contributed by atoms with Crippen LogP contribution < -0.4 is 5.32 Å². The zero-order valence-corrected chi connectivity index (χ0v) is 11.4. The van der Waals surface area contributed by atoms with Crippen LogP contribution in [0.3, 0.4) is 0 Å². The van der Waals surface area contributed by atoms with Gasteiger partial charge in [0.05, 0.1) is 16.5 Å². The van der Waals surface area contributed by atoms with E-state index in [0.29, 0.717) is 13.0 Å². The molecule has 1 N–H and O–H groups in total. The van der Waals surface area contributed by atoms with E-state index >= 15 is 0 Å². The van der Waals surface area contributed by atoms with Gasteiger partial charge in [0, 0.05) is 12.6 Å². The molecule has 1 aromatic carbocycles. The van der Waals surface area contributed by atoms with E-state index in [1.807, 2.05) is 0 Å². The summed E-state index contributed by atoms with van der Waals surface area (Å²) in [5.41, 5.74) is 0.764. The van der Waals surface area contributed by atoms with Crippen LogP contribution >= 0.6 is 11.6 Å². The predicted octanol–water partition coefficient (Wildman–Crippen LogP) is 2.15. The molecule has 1 aliphatic rings. The number of nitrogens with one attached hydrogen (secondary N) is 1. The van der Waals surface area contributed by atoms with Crippen molar-refractivity contribution in [2.75, 3.05) is 11.5 Å². The van der Waals surface area contributed by atoms with Gasteiger partial charge in [-0.25, -0.2) is 12.8 Å². The molecule has 6 heteroatoms. The molecule has 1 heterocycles. The molecule has 1 unspecified atom stereocenters. The van der Waals surface area contributed by atoms with Crippen molar-refractivity contribution in [2.24, 2.45) is 0 Å². The monoisotopic (exact) mass is 291 g/mol. The van der Waals surface area contributed by atoms with Crippen molar-refractivity contribution in [2.45, 2.75) is 25.4 Å². The first-order valence-electron chi connectivity index (χ1n) is 5.84. The standard InChI is InChI=1S/C12H15ClFNO2S/c13-11-4-3-9(6-12(11)14)7-15-10-2-1-5-18(16,17)8-10/h3-4,6,10,15H,1-2,5,7-8H2. The summed E-state index contributed by atoms with van der Waals surface area (Å²) in [5, 5.41) is 3.25. The van der Waals surface area contributed by atoms with E-state index < -0.39 is 15.7 Å². The minimum atomic E-state index is -2.91. The Morgan fingerprint density at radius 3 is 2.89 bits per heavy atom. The first-order valence-corrected chi connectivity index (χ1v) is 8.04. The fourth-order valence-corrected chi connectivity index (χ4v) is 3.88. The van der Waals surface area contributed by atoms with E-state index in [4.69, 9.17) is 11.6 Å². The van der Waals surface area contributed by atoms with Crippen molar-refractivity contribution < 1.29 is 12.8 Å². The highest BCUT2D eigenvalue weighted by Gasteiger charge is 2.24. The van der Waals surface area contributed by atoms with Crippen molar-refractivity contribution >= 4 is 21.4 Å². The van der Waals surface area contributed by atoms with Crippen molar-refractivity contribution in [1.29, 1.82) is 0 Å². The Bertz CT molecular complexity index is 533. The number of sulfone groups is 1. The first kappa shape index (κ1) is 13.8. The molecule has 0 bridgehead atoms. The molecule has 0 spiro atoms. The molecule has 0 aromatic heterocycles. The first-order chi connectivity index (χ1) is 8.46. The number of hydrogen-bond acceptors (Lipinski definition) is 3. The lowest BCUT2D eigenvalue weighted by molar-refractivity contribution is 0.479. The van der Waals surface area contributed by atoms with E-state index in [1.165, 1.54) is 12.1 Å². The summed E-state index contributed by atoms with van der Waals surface area (Å²) >= 11 is 5.59. The van der Waals surface area contributed by atoms with Gasteiger partial charge >= 0.3 is 0 Å². The lowest BCUT2D eigenvalue weighted by Crippen LogP contribution is -2.39. The van der Waals surface area contributed by atoms with E-state index in [2.05, 4.69) is 5.32 Å². The minimum Gasteiger partial charge on any atom is -0.309 e. The third-order valence-electron chi connectivity index (χ3n) is 3.04. The Balaban J connectivity index is 1.93. The van der Waals surface area contributed by atoms with Gasteiger partial charge in [-0.05, 0) is 30.5 Å². The third-order valence-corrected chi connectivity index (χ3v) is 5.17. The molecular formula is C12H15ClFNO2S. The maximum atomic E-state index is 13.2. The largest absolute Gasteiger partial charge is 0.309 e. The fourth-order valence-electron chi connectivity index (χ4n) is 2.10. The van der Waals surface area contributed by atoms with Crippen molar-refractivity contribution in [3.63, 3.8) is 0 Å². The topological polar surface area (TPSA) is 46.2 Å². The molecule has 18 heavy (non-hydrogen) atoms. The summed E-state index contributed by atoms with van der Waals surface area (Å²) in [5.74, 6) is -0.00340. The van der Waals surface area contributed by atoms with Crippen LogP contribution in [-0.2, 0) is 16.4 Å². The summed E-state index contributed by atoms with van der Waals surface area (Å²) in [6.07, 6.45) is 1.53. The second-order valence-corrected chi connectivity index (χ2v) is 7.22. The maximum absolute atomic E-state index is 13.2. The molecule has 1 aliphatic heterocycles. The molecule has 0 aliphatic carbocycles. The van der Waals surface area contributed by atoms with Gasteiger partial charge < -0.3 is 5.32 Å². The van der Waals surface area contributed by atoms with Gasteiger partial charge in [-0.3, -0.25) is 0 Å².